The fourth-order valence-electron chi connectivity index (χ4n) is 1.65. The third-order valence-corrected chi connectivity index (χ3v) is 3.58. The summed E-state index contributed by atoms with van der Waals surface area (Å²) in [6, 6.07) is 5.05. The molecule has 0 saturated carbocycles. The van der Waals surface area contributed by atoms with Gasteiger partial charge >= 0.3 is 0 Å². The van der Waals surface area contributed by atoms with Gasteiger partial charge in [-0.2, -0.15) is 0 Å². The molecule has 0 saturated heterocycles. The molecule has 0 spiro atoms. The molecule has 1 heterocycles. The lowest BCUT2D eigenvalue weighted by molar-refractivity contribution is 0.415. The predicted octanol–water partition coefficient (Wildman–Crippen LogP) is 3.23. The number of hydrogen-bond acceptors (Lipinski definition) is 5. The van der Waals surface area contributed by atoms with Gasteiger partial charge in [-0.3, -0.25) is 10.2 Å². The van der Waals surface area contributed by atoms with E-state index in [2.05, 4.69) is 4.98 Å². The molecule has 1 aromatic heterocycles. The third kappa shape index (κ3) is 4.50. The Kier molecular flexibility index (Phi) is 6.93. The van der Waals surface area contributed by atoms with E-state index in [1.54, 1.807) is 18.4 Å². The summed E-state index contributed by atoms with van der Waals surface area (Å²) in [6.45, 7) is 3.89. The lowest BCUT2D eigenvalue weighted by Gasteiger charge is -2.08. The maximum atomic E-state index is 11.9. The van der Waals surface area contributed by atoms with Gasteiger partial charge in [0.05, 0.1) is 18.3 Å². The first-order chi connectivity index (χ1) is 10.3. The number of rotatable bonds is 2. The molecular weight excluding hydrogens is 322 g/mol. The molecule has 7 heteroatoms. The Morgan fingerprint density at radius 1 is 1.45 bits per heavy atom. The third-order valence-electron chi connectivity index (χ3n) is 2.58. The molecule has 5 nitrogen and oxygen atoms in total. The summed E-state index contributed by atoms with van der Waals surface area (Å²) < 4.78 is 5.11. The maximum absolute atomic E-state index is 11.9. The molecular formula is C15H20ClN3O2S. The zero-order valence-corrected chi connectivity index (χ0v) is 14.6. The molecule has 0 amide bonds. The standard InChI is InChI=1S/C12H11ClN2O2S.C3H9N/c1-17-9-4-3-6-8(16)5-7(12(14)18-2)15-11(6)10(9)13;1-3(2)4/h3-5,14H,1-2H3,(H,15,16);3H,4H2,1-2H3. The van der Waals surface area contributed by atoms with Crippen molar-refractivity contribution in [2.45, 2.75) is 19.9 Å². The minimum atomic E-state index is -0.165. The summed E-state index contributed by atoms with van der Waals surface area (Å²) in [6.07, 6.45) is 1.78. The van der Waals surface area contributed by atoms with Gasteiger partial charge in [0.25, 0.3) is 0 Å². The predicted molar refractivity (Wildman–Crippen MR) is 95.8 cm³/mol. The minimum Gasteiger partial charge on any atom is -0.495 e. The topological polar surface area (TPSA) is 92.0 Å². The van der Waals surface area contributed by atoms with Crippen LogP contribution in [-0.2, 0) is 0 Å². The second-order valence-corrected chi connectivity index (χ2v) is 6.02. The number of nitrogens with one attached hydrogen (secondary N) is 2. The van der Waals surface area contributed by atoms with E-state index in [1.807, 2.05) is 13.8 Å². The monoisotopic (exact) mass is 341 g/mol. The van der Waals surface area contributed by atoms with E-state index in [9.17, 15) is 4.79 Å². The largest absolute Gasteiger partial charge is 0.495 e. The zero-order chi connectivity index (χ0) is 16.9. The lowest BCUT2D eigenvalue weighted by Crippen LogP contribution is -2.08. The van der Waals surface area contributed by atoms with Crippen molar-refractivity contribution >= 4 is 39.3 Å². The summed E-state index contributed by atoms with van der Waals surface area (Å²) in [5.41, 5.74) is 5.90. The molecule has 0 fully saturated rings. The average molecular weight is 342 g/mol. The highest BCUT2D eigenvalue weighted by atomic mass is 35.5. The number of aromatic amines is 1. The smallest absolute Gasteiger partial charge is 0.190 e. The van der Waals surface area contributed by atoms with Crippen LogP contribution >= 0.6 is 23.4 Å². The molecule has 0 aliphatic carbocycles. The second kappa shape index (κ2) is 8.22. The molecule has 2 rings (SSSR count). The van der Waals surface area contributed by atoms with Crippen LogP contribution in [0.3, 0.4) is 0 Å². The van der Waals surface area contributed by atoms with Crippen molar-refractivity contribution in [3.63, 3.8) is 0 Å². The number of thioether (sulfide) groups is 1. The number of fused-ring (bicyclic) bond motifs is 1. The first-order valence-corrected chi connectivity index (χ1v) is 8.20. The van der Waals surface area contributed by atoms with Crippen LogP contribution < -0.4 is 15.9 Å². The zero-order valence-electron chi connectivity index (χ0n) is 13.0. The Balaban J connectivity index is 0.000000541. The van der Waals surface area contributed by atoms with Gasteiger partial charge in [-0.25, -0.2) is 0 Å². The summed E-state index contributed by atoms with van der Waals surface area (Å²) in [5.74, 6) is 0.493. The van der Waals surface area contributed by atoms with Crippen molar-refractivity contribution in [2.75, 3.05) is 13.4 Å². The van der Waals surface area contributed by atoms with Crippen LogP contribution in [-0.4, -0.2) is 29.4 Å². The first kappa shape index (κ1) is 18.5. The summed E-state index contributed by atoms with van der Waals surface area (Å²) in [5, 5.41) is 8.86. The fraction of sp³-hybridized carbons (Fsp3) is 0.333. The van der Waals surface area contributed by atoms with Gasteiger partial charge < -0.3 is 15.5 Å². The molecule has 0 unspecified atom stereocenters. The summed E-state index contributed by atoms with van der Waals surface area (Å²) >= 11 is 7.41. The SMILES string of the molecule is CC(C)N.COc1ccc2c(=O)cc(C(=N)SC)[nH]c2c1Cl. The van der Waals surface area contributed by atoms with Crippen LogP contribution in [0.5, 0.6) is 5.75 Å². The van der Waals surface area contributed by atoms with Crippen molar-refractivity contribution < 1.29 is 4.74 Å². The van der Waals surface area contributed by atoms with Crippen LogP contribution in [0.15, 0.2) is 23.0 Å². The molecule has 1 aromatic carbocycles. The normalized spacial score (nSPS) is 10.3. The van der Waals surface area contributed by atoms with Gasteiger partial charge in [0.2, 0.25) is 0 Å². The van der Waals surface area contributed by atoms with E-state index in [-0.39, 0.29) is 10.5 Å². The van der Waals surface area contributed by atoms with E-state index in [0.717, 1.165) is 0 Å². The number of aromatic nitrogens is 1. The highest BCUT2D eigenvalue weighted by Crippen LogP contribution is 2.30. The molecule has 120 valence electrons. The number of ether oxygens (including phenoxy) is 1. The van der Waals surface area contributed by atoms with Gasteiger partial charge in [0, 0.05) is 11.5 Å². The number of halogens is 1. The Bertz CT molecular complexity index is 726. The summed E-state index contributed by atoms with van der Waals surface area (Å²) in [4.78, 5) is 15.0. The molecule has 0 atom stereocenters. The van der Waals surface area contributed by atoms with Crippen LogP contribution in [0.25, 0.3) is 10.9 Å². The molecule has 4 N–H and O–H groups in total. The van der Waals surface area contributed by atoms with E-state index in [0.29, 0.717) is 33.4 Å². The van der Waals surface area contributed by atoms with Crippen molar-refractivity contribution in [1.29, 1.82) is 5.41 Å². The average Bonchev–Trinajstić information content (AvgIpc) is 2.46. The fourth-order valence-corrected chi connectivity index (χ4v) is 2.27. The highest BCUT2D eigenvalue weighted by Gasteiger charge is 2.11. The lowest BCUT2D eigenvalue weighted by atomic mass is 10.2. The Hall–Kier alpha value is -1.50. The van der Waals surface area contributed by atoms with Crippen LogP contribution in [0, 0.1) is 5.41 Å². The van der Waals surface area contributed by atoms with Crippen molar-refractivity contribution in [3.05, 3.63) is 39.1 Å². The molecule has 0 aliphatic rings. The molecule has 2 aromatic rings. The van der Waals surface area contributed by atoms with E-state index in [1.165, 1.54) is 24.9 Å². The van der Waals surface area contributed by atoms with Crippen molar-refractivity contribution in [3.8, 4) is 5.75 Å². The quantitative estimate of drug-likeness (QED) is 0.577. The number of methoxy groups -OCH3 is 1. The van der Waals surface area contributed by atoms with Crippen molar-refractivity contribution in [1.82, 2.24) is 4.98 Å². The van der Waals surface area contributed by atoms with Gasteiger partial charge in [0.1, 0.15) is 15.8 Å². The van der Waals surface area contributed by atoms with Crippen molar-refractivity contribution in [2.24, 2.45) is 5.73 Å². The second-order valence-electron chi connectivity index (χ2n) is 4.83. The number of H-pyrrole nitrogens is 1. The maximum Gasteiger partial charge on any atom is 0.190 e. The highest BCUT2D eigenvalue weighted by molar-refractivity contribution is 8.13. The van der Waals surface area contributed by atoms with Crippen LogP contribution in [0.4, 0.5) is 0 Å². The van der Waals surface area contributed by atoms with Gasteiger partial charge in [0.15, 0.2) is 5.43 Å². The van der Waals surface area contributed by atoms with E-state index >= 15 is 0 Å². The minimum absolute atomic E-state index is 0.165. The number of benzene rings is 1. The molecule has 0 radical (unpaired) electrons. The van der Waals surface area contributed by atoms with Gasteiger partial charge in [-0.15, -0.1) is 11.8 Å². The molecule has 0 bridgehead atoms. The van der Waals surface area contributed by atoms with Gasteiger partial charge in [-0.1, -0.05) is 25.4 Å². The first-order valence-electron chi connectivity index (χ1n) is 6.59. The van der Waals surface area contributed by atoms with E-state index in [4.69, 9.17) is 27.5 Å². The number of nitrogens with two attached hydrogens (primary N) is 1. The van der Waals surface area contributed by atoms with Gasteiger partial charge in [-0.05, 0) is 24.4 Å². The van der Waals surface area contributed by atoms with Crippen LogP contribution in [0.1, 0.15) is 19.5 Å². The Morgan fingerprint density at radius 2 is 2.05 bits per heavy atom. The van der Waals surface area contributed by atoms with E-state index < -0.39 is 0 Å². The molecule has 22 heavy (non-hydrogen) atoms. The van der Waals surface area contributed by atoms with Crippen LogP contribution in [0.2, 0.25) is 5.02 Å². The Labute approximate surface area is 138 Å². The Morgan fingerprint density at radius 3 is 2.55 bits per heavy atom. The number of pyridine rings is 1. The number of hydrogen-bond donors (Lipinski definition) is 3. The molecule has 0 aliphatic heterocycles. The summed E-state index contributed by atoms with van der Waals surface area (Å²) in [7, 11) is 1.51.